The normalized spacial score (nSPS) is 14.1. The Morgan fingerprint density at radius 1 is 1.39 bits per heavy atom. The molecule has 2 atom stereocenters. The van der Waals surface area contributed by atoms with Crippen LogP contribution in [-0.2, 0) is 4.79 Å². The summed E-state index contributed by atoms with van der Waals surface area (Å²) in [5.74, 6) is -1.40. The van der Waals surface area contributed by atoms with Gasteiger partial charge in [0.15, 0.2) is 0 Å². The van der Waals surface area contributed by atoms with Crippen LogP contribution in [0.1, 0.15) is 38.3 Å². The van der Waals surface area contributed by atoms with Crippen LogP contribution in [0, 0.1) is 11.6 Å². The Labute approximate surface area is 105 Å². The lowest BCUT2D eigenvalue weighted by atomic mass is 10.1. The van der Waals surface area contributed by atoms with Crippen molar-refractivity contribution in [2.45, 2.75) is 38.8 Å². The van der Waals surface area contributed by atoms with Gasteiger partial charge in [-0.15, -0.1) is 0 Å². The highest BCUT2D eigenvalue weighted by Crippen LogP contribution is 2.18. The first-order valence-electron chi connectivity index (χ1n) is 5.82. The van der Waals surface area contributed by atoms with Crippen LogP contribution in [0.3, 0.4) is 0 Å². The molecule has 0 aliphatic rings. The van der Waals surface area contributed by atoms with Crippen molar-refractivity contribution in [2.24, 2.45) is 0 Å². The van der Waals surface area contributed by atoms with E-state index in [2.05, 4.69) is 5.32 Å². The van der Waals surface area contributed by atoms with Crippen LogP contribution in [0.15, 0.2) is 18.2 Å². The van der Waals surface area contributed by atoms with Crippen LogP contribution in [0.2, 0.25) is 0 Å². The van der Waals surface area contributed by atoms with E-state index in [9.17, 15) is 13.6 Å². The zero-order valence-corrected chi connectivity index (χ0v) is 10.4. The highest BCUT2D eigenvalue weighted by molar-refractivity contribution is 5.76. The maximum absolute atomic E-state index is 13.4. The Morgan fingerprint density at radius 2 is 2.06 bits per heavy atom. The number of rotatable bonds is 5. The summed E-state index contributed by atoms with van der Waals surface area (Å²) in [4.78, 5) is 11.5. The van der Waals surface area contributed by atoms with Crippen LogP contribution in [0.5, 0.6) is 0 Å². The number of nitrogens with one attached hydrogen (secondary N) is 1. The summed E-state index contributed by atoms with van der Waals surface area (Å²) in [6.07, 6.45) is -0.0692. The quantitative estimate of drug-likeness (QED) is 0.850. The predicted molar refractivity (Wildman–Crippen MR) is 63.8 cm³/mol. The lowest BCUT2D eigenvalue weighted by Gasteiger charge is -2.15. The van der Waals surface area contributed by atoms with Crippen molar-refractivity contribution in [3.05, 3.63) is 35.4 Å². The van der Waals surface area contributed by atoms with Crippen LogP contribution in [0.25, 0.3) is 0 Å². The largest absolute Gasteiger partial charge is 0.393 e. The molecule has 0 bridgehead atoms. The monoisotopic (exact) mass is 257 g/mol. The predicted octanol–water partition coefficient (Wildman–Crippen LogP) is 2.30. The molecule has 0 radical (unpaired) electrons. The molecule has 5 heteroatoms. The first-order valence-corrected chi connectivity index (χ1v) is 5.82. The van der Waals surface area contributed by atoms with Crippen molar-refractivity contribution in [3.8, 4) is 0 Å². The second kappa shape index (κ2) is 6.44. The Kier molecular flexibility index (Phi) is 5.22. The number of aliphatic hydroxyl groups is 1. The highest BCUT2D eigenvalue weighted by Gasteiger charge is 2.14. The summed E-state index contributed by atoms with van der Waals surface area (Å²) < 4.78 is 26.4. The molecule has 18 heavy (non-hydrogen) atoms. The molecule has 0 aromatic heterocycles. The molecule has 1 amide bonds. The molecule has 0 saturated heterocycles. The Balaban J connectivity index is 2.62. The van der Waals surface area contributed by atoms with Gasteiger partial charge in [-0.1, -0.05) is 0 Å². The number of benzene rings is 1. The molecule has 100 valence electrons. The molecule has 0 aliphatic carbocycles. The molecule has 1 aromatic rings. The van der Waals surface area contributed by atoms with Crippen LogP contribution < -0.4 is 5.32 Å². The first-order chi connectivity index (χ1) is 8.40. The number of halogens is 2. The van der Waals surface area contributed by atoms with Crippen molar-refractivity contribution in [3.63, 3.8) is 0 Å². The molecular weight excluding hydrogens is 240 g/mol. The summed E-state index contributed by atoms with van der Waals surface area (Å²) in [6.45, 7) is 3.17. The third-order valence-corrected chi connectivity index (χ3v) is 2.59. The molecule has 0 fully saturated rings. The maximum atomic E-state index is 13.4. The summed E-state index contributed by atoms with van der Waals surface area (Å²) >= 11 is 0. The first kappa shape index (κ1) is 14.6. The summed E-state index contributed by atoms with van der Waals surface area (Å²) in [6, 6.07) is 2.51. The third-order valence-electron chi connectivity index (χ3n) is 2.59. The topological polar surface area (TPSA) is 49.3 Å². The minimum Gasteiger partial charge on any atom is -0.393 e. The molecule has 2 unspecified atom stereocenters. The molecule has 3 nitrogen and oxygen atoms in total. The number of hydrogen-bond donors (Lipinski definition) is 2. The fourth-order valence-corrected chi connectivity index (χ4v) is 1.58. The SMILES string of the molecule is CC(O)CCC(=O)NC(C)c1cc(F)ccc1F. The maximum Gasteiger partial charge on any atom is 0.220 e. The van der Waals surface area contributed by atoms with Crippen molar-refractivity contribution in [1.82, 2.24) is 5.32 Å². The fourth-order valence-electron chi connectivity index (χ4n) is 1.58. The highest BCUT2D eigenvalue weighted by atomic mass is 19.1. The van der Waals surface area contributed by atoms with Crippen molar-refractivity contribution in [2.75, 3.05) is 0 Å². The van der Waals surface area contributed by atoms with Crippen LogP contribution in [0.4, 0.5) is 8.78 Å². The number of carbonyl (C=O) groups excluding carboxylic acids is 1. The second-order valence-corrected chi connectivity index (χ2v) is 4.34. The van der Waals surface area contributed by atoms with Gasteiger partial charge in [-0.25, -0.2) is 8.78 Å². The molecule has 0 spiro atoms. The standard InChI is InChI=1S/C13H17F2NO2/c1-8(17)3-6-13(18)16-9(2)11-7-10(14)4-5-12(11)15/h4-5,7-9,17H,3,6H2,1-2H3,(H,16,18). The van der Waals surface area contributed by atoms with Gasteiger partial charge in [0, 0.05) is 12.0 Å². The number of carbonyl (C=O) groups is 1. The zero-order valence-electron chi connectivity index (χ0n) is 10.4. The molecule has 2 N–H and O–H groups in total. The van der Waals surface area contributed by atoms with Crippen molar-refractivity contribution in [1.29, 1.82) is 0 Å². The molecular formula is C13H17F2NO2. The minimum absolute atomic E-state index is 0.111. The molecule has 0 heterocycles. The average molecular weight is 257 g/mol. The van der Waals surface area contributed by atoms with E-state index in [1.807, 2.05) is 0 Å². The lowest BCUT2D eigenvalue weighted by Crippen LogP contribution is -2.27. The Hall–Kier alpha value is -1.49. The van der Waals surface area contributed by atoms with Gasteiger partial charge in [0.05, 0.1) is 12.1 Å². The molecule has 1 rings (SSSR count). The lowest BCUT2D eigenvalue weighted by molar-refractivity contribution is -0.122. The van der Waals surface area contributed by atoms with Crippen molar-refractivity contribution >= 4 is 5.91 Å². The van der Waals surface area contributed by atoms with E-state index in [1.165, 1.54) is 0 Å². The summed E-state index contributed by atoms with van der Waals surface area (Å²) in [5, 5.41) is 11.6. The van der Waals surface area contributed by atoms with Gasteiger partial charge in [0.1, 0.15) is 11.6 Å². The number of amides is 1. The van der Waals surface area contributed by atoms with Gasteiger partial charge >= 0.3 is 0 Å². The van der Waals surface area contributed by atoms with Gasteiger partial charge in [-0.3, -0.25) is 4.79 Å². The van der Waals surface area contributed by atoms with Gasteiger partial charge in [-0.2, -0.15) is 0 Å². The van der Waals surface area contributed by atoms with Gasteiger partial charge < -0.3 is 10.4 Å². The molecule has 0 aliphatic heterocycles. The Morgan fingerprint density at radius 3 is 2.67 bits per heavy atom. The van der Waals surface area contributed by atoms with Gasteiger partial charge in [0.2, 0.25) is 5.91 Å². The minimum atomic E-state index is -0.609. The van der Waals surface area contributed by atoms with E-state index in [-0.39, 0.29) is 17.9 Å². The Bertz CT molecular complexity index is 421. The number of hydrogen-bond acceptors (Lipinski definition) is 2. The van der Waals surface area contributed by atoms with E-state index < -0.39 is 23.8 Å². The van der Waals surface area contributed by atoms with Gasteiger partial charge in [-0.05, 0) is 38.5 Å². The van der Waals surface area contributed by atoms with E-state index in [1.54, 1.807) is 13.8 Å². The summed E-state index contributed by atoms with van der Waals surface area (Å²) in [5.41, 5.74) is 0.111. The average Bonchev–Trinajstić information content (AvgIpc) is 2.29. The van der Waals surface area contributed by atoms with E-state index in [4.69, 9.17) is 5.11 Å². The van der Waals surface area contributed by atoms with Gasteiger partial charge in [0.25, 0.3) is 0 Å². The van der Waals surface area contributed by atoms with E-state index in [0.29, 0.717) is 6.42 Å². The van der Waals surface area contributed by atoms with Crippen LogP contribution >= 0.6 is 0 Å². The zero-order chi connectivity index (χ0) is 13.7. The third kappa shape index (κ3) is 4.41. The molecule has 1 aromatic carbocycles. The van der Waals surface area contributed by atoms with E-state index >= 15 is 0 Å². The number of aliphatic hydroxyl groups excluding tert-OH is 1. The van der Waals surface area contributed by atoms with E-state index in [0.717, 1.165) is 18.2 Å². The smallest absolute Gasteiger partial charge is 0.220 e. The summed E-state index contributed by atoms with van der Waals surface area (Å²) in [7, 11) is 0. The van der Waals surface area contributed by atoms with Crippen molar-refractivity contribution < 1.29 is 18.7 Å². The second-order valence-electron chi connectivity index (χ2n) is 4.34. The van der Waals surface area contributed by atoms with Crippen LogP contribution in [-0.4, -0.2) is 17.1 Å². The fraction of sp³-hybridized carbons (Fsp3) is 0.462. The molecule has 0 saturated carbocycles.